The first-order valence-corrected chi connectivity index (χ1v) is 5.98. The van der Waals surface area contributed by atoms with Crippen LogP contribution < -0.4 is 10.2 Å². The Balaban J connectivity index is 3.20. The second kappa shape index (κ2) is 5.68. The van der Waals surface area contributed by atoms with E-state index in [1.165, 1.54) is 0 Å². The summed E-state index contributed by atoms with van der Waals surface area (Å²) in [5, 5.41) is 3.14. The highest BCUT2D eigenvalue weighted by atomic mass is 15.3. The van der Waals surface area contributed by atoms with Crippen LogP contribution in [0.25, 0.3) is 0 Å². The lowest BCUT2D eigenvalue weighted by Crippen LogP contribution is -2.25. The highest BCUT2D eigenvalue weighted by molar-refractivity contribution is 5.50. The third-order valence-corrected chi connectivity index (χ3v) is 2.85. The molecule has 4 nitrogen and oxygen atoms in total. The molecule has 1 heterocycles. The number of hydrogen-bond acceptors (Lipinski definition) is 4. The molecule has 0 amide bonds. The summed E-state index contributed by atoms with van der Waals surface area (Å²) in [5.41, 5.74) is 2.28. The number of aromatic nitrogens is 2. The molecule has 0 aromatic carbocycles. The average molecular weight is 222 g/mol. The molecule has 0 fully saturated rings. The molecule has 0 atom stereocenters. The van der Waals surface area contributed by atoms with Crippen LogP contribution in [0.4, 0.5) is 11.8 Å². The molecule has 0 spiro atoms. The summed E-state index contributed by atoms with van der Waals surface area (Å²) in [6, 6.07) is 0. The Kier molecular flexibility index (Phi) is 4.52. The molecule has 16 heavy (non-hydrogen) atoms. The molecule has 0 radical (unpaired) electrons. The molecule has 0 bridgehead atoms. The fraction of sp³-hybridized carbons (Fsp3) is 0.667. The van der Waals surface area contributed by atoms with Crippen LogP contribution in [-0.2, 0) is 6.42 Å². The van der Waals surface area contributed by atoms with E-state index >= 15 is 0 Å². The van der Waals surface area contributed by atoms with Crippen molar-refractivity contribution in [2.24, 2.45) is 0 Å². The van der Waals surface area contributed by atoms with Gasteiger partial charge in [-0.3, -0.25) is 0 Å². The van der Waals surface area contributed by atoms with E-state index in [0.29, 0.717) is 0 Å². The summed E-state index contributed by atoms with van der Waals surface area (Å²) in [7, 11) is 1.90. The zero-order chi connectivity index (χ0) is 12.1. The van der Waals surface area contributed by atoms with Crippen LogP contribution in [0.5, 0.6) is 0 Å². The first-order chi connectivity index (χ1) is 7.67. The third-order valence-electron chi connectivity index (χ3n) is 2.85. The van der Waals surface area contributed by atoms with Gasteiger partial charge in [0, 0.05) is 25.7 Å². The lowest BCUT2D eigenvalue weighted by molar-refractivity contribution is 0.807. The number of aryl methyl sites for hydroxylation is 1. The van der Waals surface area contributed by atoms with Crippen molar-refractivity contribution in [3.63, 3.8) is 0 Å². The van der Waals surface area contributed by atoms with E-state index in [9.17, 15) is 0 Å². The topological polar surface area (TPSA) is 41.1 Å². The van der Waals surface area contributed by atoms with E-state index in [0.717, 1.165) is 42.5 Å². The van der Waals surface area contributed by atoms with E-state index < -0.39 is 0 Å². The van der Waals surface area contributed by atoms with E-state index in [-0.39, 0.29) is 0 Å². The molecule has 1 aromatic heterocycles. The minimum Gasteiger partial charge on any atom is -0.373 e. The summed E-state index contributed by atoms with van der Waals surface area (Å²) in [5.74, 6) is 1.77. The van der Waals surface area contributed by atoms with Crippen LogP contribution in [0.3, 0.4) is 0 Å². The van der Waals surface area contributed by atoms with Crippen molar-refractivity contribution >= 4 is 11.8 Å². The minimum absolute atomic E-state index is 0.830. The summed E-state index contributed by atoms with van der Waals surface area (Å²) in [6.07, 6.45) is 0.942. The van der Waals surface area contributed by atoms with Crippen molar-refractivity contribution in [2.75, 3.05) is 30.4 Å². The predicted molar refractivity (Wildman–Crippen MR) is 69.3 cm³/mol. The lowest BCUT2D eigenvalue weighted by Gasteiger charge is -2.21. The normalized spacial score (nSPS) is 10.3. The average Bonchev–Trinajstić information content (AvgIpc) is 2.32. The molecule has 0 saturated carbocycles. The molecule has 1 N–H and O–H groups in total. The number of rotatable bonds is 5. The van der Waals surface area contributed by atoms with Gasteiger partial charge in [0.2, 0.25) is 5.95 Å². The Hall–Kier alpha value is -1.32. The highest BCUT2D eigenvalue weighted by Gasteiger charge is 2.11. The smallest absolute Gasteiger partial charge is 0.227 e. The molecule has 0 aliphatic heterocycles. The van der Waals surface area contributed by atoms with Crippen LogP contribution >= 0.6 is 0 Å². The highest BCUT2D eigenvalue weighted by Crippen LogP contribution is 2.19. The van der Waals surface area contributed by atoms with Gasteiger partial charge in [-0.25, -0.2) is 4.98 Å². The first kappa shape index (κ1) is 12.7. The maximum atomic E-state index is 4.62. The fourth-order valence-electron chi connectivity index (χ4n) is 1.79. The number of nitrogens with one attached hydrogen (secondary N) is 1. The zero-order valence-corrected chi connectivity index (χ0v) is 11.0. The van der Waals surface area contributed by atoms with Crippen molar-refractivity contribution < 1.29 is 0 Å². The van der Waals surface area contributed by atoms with Crippen molar-refractivity contribution in [3.8, 4) is 0 Å². The Morgan fingerprint density at radius 1 is 1.12 bits per heavy atom. The Morgan fingerprint density at radius 3 is 2.19 bits per heavy atom. The van der Waals surface area contributed by atoms with Crippen LogP contribution in [0.2, 0.25) is 0 Å². The monoisotopic (exact) mass is 222 g/mol. The summed E-state index contributed by atoms with van der Waals surface area (Å²) in [4.78, 5) is 11.3. The first-order valence-electron chi connectivity index (χ1n) is 5.98. The molecule has 1 aromatic rings. The standard InChI is InChI=1S/C12H22N4/c1-6-10-9(4)11(13-5)15-12(14-10)16(7-2)8-3/h6-8H2,1-5H3,(H,13,14,15). The maximum Gasteiger partial charge on any atom is 0.227 e. The zero-order valence-electron chi connectivity index (χ0n) is 11.0. The molecule has 0 aliphatic rings. The quantitative estimate of drug-likeness (QED) is 0.829. The van der Waals surface area contributed by atoms with Gasteiger partial charge in [0.05, 0.1) is 5.69 Å². The van der Waals surface area contributed by atoms with Gasteiger partial charge in [-0.05, 0) is 27.2 Å². The molecular formula is C12H22N4. The van der Waals surface area contributed by atoms with Crippen molar-refractivity contribution in [1.82, 2.24) is 9.97 Å². The number of nitrogens with zero attached hydrogens (tertiary/aromatic N) is 3. The van der Waals surface area contributed by atoms with Gasteiger partial charge in [-0.1, -0.05) is 6.92 Å². The van der Waals surface area contributed by atoms with Gasteiger partial charge in [0.15, 0.2) is 0 Å². The SMILES string of the molecule is CCc1nc(N(CC)CC)nc(NC)c1C. The van der Waals surface area contributed by atoms with Crippen molar-refractivity contribution in [1.29, 1.82) is 0 Å². The van der Waals surface area contributed by atoms with Crippen molar-refractivity contribution in [2.45, 2.75) is 34.1 Å². The number of hydrogen-bond donors (Lipinski definition) is 1. The molecule has 0 unspecified atom stereocenters. The maximum absolute atomic E-state index is 4.62. The van der Waals surface area contributed by atoms with Crippen LogP contribution in [0, 0.1) is 6.92 Å². The van der Waals surface area contributed by atoms with Crippen LogP contribution in [0.15, 0.2) is 0 Å². The Labute approximate surface area is 98.1 Å². The van der Waals surface area contributed by atoms with Gasteiger partial charge in [-0.2, -0.15) is 4.98 Å². The molecule has 4 heteroatoms. The van der Waals surface area contributed by atoms with E-state index in [2.05, 4.69) is 47.9 Å². The summed E-state index contributed by atoms with van der Waals surface area (Å²) in [6.45, 7) is 10.3. The Bertz CT molecular complexity index is 320. The molecule has 1 rings (SSSR count). The van der Waals surface area contributed by atoms with E-state index in [1.54, 1.807) is 0 Å². The lowest BCUT2D eigenvalue weighted by atomic mass is 10.2. The van der Waals surface area contributed by atoms with E-state index in [1.807, 2.05) is 7.05 Å². The second-order valence-electron chi connectivity index (χ2n) is 3.72. The second-order valence-corrected chi connectivity index (χ2v) is 3.72. The predicted octanol–water partition coefficient (Wildman–Crippen LogP) is 2.24. The fourth-order valence-corrected chi connectivity index (χ4v) is 1.79. The van der Waals surface area contributed by atoms with Gasteiger partial charge < -0.3 is 10.2 Å². The molecule has 90 valence electrons. The third kappa shape index (κ3) is 2.43. The van der Waals surface area contributed by atoms with Gasteiger partial charge >= 0.3 is 0 Å². The molecule has 0 aliphatic carbocycles. The molecule has 0 saturated heterocycles. The summed E-state index contributed by atoms with van der Waals surface area (Å²) >= 11 is 0. The van der Waals surface area contributed by atoms with Gasteiger partial charge in [0.1, 0.15) is 5.82 Å². The van der Waals surface area contributed by atoms with Crippen molar-refractivity contribution in [3.05, 3.63) is 11.3 Å². The number of anilines is 2. The van der Waals surface area contributed by atoms with Crippen LogP contribution in [0.1, 0.15) is 32.0 Å². The summed E-state index contributed by atoms with van der Waals surface area (Å²) < 4.78 is 0. The van der Waals surface area contributed by atoms with Gasteiger partial charge in [-0.15, -0.1) is 0 Å². The minimum atomic E-state index is 0.830. The largest absolute Gasteiger partial charge is 0.373 e. The molecular weight excluding hydrogens is 200 g/mol. The van der Waals surface area contributed by atoms with Gasteiger partial charge in [0.25, 0.3) is 0 Å². The Morgan fingerprint density at radius 2 is 1.75 bits per heavy atom. The van der Waals surface area contributed by atoms with E-state index in [4.69, 9.17) is 0 Å². The van der Waals surface area contributed by atoms with Crippen LogP contribution in [-0.4, -0.2) is 30.1 Å².